The van der Waals surface area contributed by atoms with E-state index in [-0.39, 0.29) is 33.7 Å². The van der Waals surface area contributed by atoms with E-state index < -0.39 is 39.9 Å². The number of halogens is 3. The first kappa shape index (κ1) is 24.1. The maximum atomic E-state index is 13.7. The van der Waals surface area contributed by atoms with Crippen molar-refractivity contribution >= 4 is 50.8 Å². The van der Waals surface area contributed by atoms with E-state index in [0.29, 0.717) is 0 Å². The largest absolute Gasteiger partial charge is 0.452 e. The number of ether oxygens (including phenoxy) is 1. The van der Waals surface area contributed by atoms with Crippen molar-refractivity contribution in [1.82, 2.24) is 4.31 Å². The molecule has 0 unspecified atom stereocenters. The second-order valence-corrected chi connectivity index (χ2v) is 8.70. The van der Waals surface area contributed by atoms with Gasteiger partial charge in [-0.25, -0.2) is 17.6 Å². The van der Waals surface area contributed by atoms with Crippen LogP contribution in [0, 0.1) is 5.82 Å². The number of amides is 1. The van der Waals surface area contributed by atoms with Gasteiger partial charge in [0.1, 0.15) is 11.4 Å². The normalized spacial score (nSPS) is 11.4. The van der Waals surface area contributed by atoms with E-state index in [1.54, 1.807) is 13.8 Å². The Kier molecular flexibility index (Phi) is 8.19. The zero-order valence-electron chi connectivity index (χ0n) is 16.1. The molecule has 0 aliphatic rings. The van der Waals surface area contributed by atoms with E-state index in [1.807, 2.05) is 0 Å². The summed E-state index contributed by atoms with van der Waals surface area (Å²) in [7, 11) is -3.77. The van der Waals surface area contributed by atoms with Gasteiger partial charge in [0.25, 0.3) is 5.91 Å². The first-order valence-corrected chi connectivity index (χ1v) is 11.0. The van der Waals surface area contributed by atoms with Gasteiger partial charge < -0.3 is 10.1 Å². The number of nitrogens with zero attached hydrogens (tertiary/aromatic N) is 1. The maximum Gasteiger partial charge on any atom is 0.343 e. The lowest BCUT2D eigenvalue weighted by molar-refractivity contribution is -0.119. The van der Waals surface area contributed by atoms with Gasteiger partial charge in [-0.1, -0.05) is 43.1 Å². The predicted octanol–water partition coefficient (Wildman–Crippen LogP) is 3.96. The van der Waals surface area contributed by atoms with Crippen LogP contribution in [0.15, 0.2) is 41.3 Å². The van der Waals surface area contributed by atoms with E-state index in [9.17, 15) is 22.4 Å². The number of nitrogens with one attached hydrogen (secondary N) is 1. The molecule has 7 nitrogen and oxygen atoms in total. The standard InChI is InChI=1S/C19H19Cl2FN2O5S/c1-3-24(4-2)30(27,28)12-8-9-13(20)16(10-12)23-17(25)11-29-19(26)18-14(21)6-5-7-15(18)22/h5-10H,3-4,11H2,1-2H3,(H,23,25). The molecule has 1 amide bonds. The fraction of sp³-hybridized carbons (Fsp3) is 0.263. The van der Waals surface area contributed by atoms with Crippen LogP contribution in [-0.4, -0.2) is 44.3 Å². The predicted molar refractivity (Wildman–Crippen MR) is 112 cm³/mol. The van der Waals surface area contributed by atoms with Crippen molar-refractivity contribution in [2.75, 3.05) is 25.0 Å². The van der Waals surface area contributed by atoms with Crippen LogP contribution in [0.1, 0.15) is 24.2 Å². The fourth-order valence-corrected chi connectivity index (χ4v) is 4.45. The van der Waals surface area contributed by atoms with Gasteiger partial charge in [-0.05, 0) is 30.3 Å². The zero-order chi connectivity index (χ0) is 22.5. The van der Waals surface area contributed by atoms with E-state index in [0.717, 1.165) is 6.07 Å². The minimum atomic E-state index is -3.77. The molecule has 0 spiro atoms. The SMILES string of the molecule is CCN(CC)S(=O)(=O)c1ccc(Cl)c(NC(=O)COC(=O)c2c(F)cccc2Cl)c1. The van der Waals surface area contributed by atoms with Crippen LogP contribution >= 0.6 is 23.2 Å². The quantitative estimate of drug-likeness (QED) is 0.582. The van der Waals surface area contributed by atoms with Crippen molar-refractivity contribution in [3.8, 4) is 0 Å². The average molecular weight is 477 g/mol. The Bertz CT molecular complexity index is 1040. The van der Waals surface area contributed by atoms with Gasteiger partial charge in [-0.2, -0.15) is 4.31 Å². The van der Waals surface area contributed by atoms with Gasteiger partial charge in [0.2, 0.25) is 10.0 Å². The highest BCUT2D eigenvalue weighted by Crippen LogP contribution is 2.27. The van der Waals surface area contributed by atoms with E-state index in [1.165, 1.54) is 34.6 Å². The molecule has 30 heavy (non-hydrogen) atoms. The molecule has 0 radical (unpaired) electrons. The first-order valence-electron chi connectivity index (χ1n) is 8.82. The van der Waals surface area contributed by atoms with Crippen LogP contribution in [0.25, 0.3) is 0 Å². The monoisotopic (exact) mass is 476 g/mol. The second-order valence-electron chi connectivity index (χ2n) is 5.95. The Hall–Kier alpha value is -2.20. The summed E-state index contributed by atoms with van der Waals surface area (Å²) in [5.41, 5.74) is -0.466. The Balaban J connectivity index is 2.13. The molecular weight excluding hydrogens is 458 g/mol. The van der Waals surface area contributed by atoms with Gasteiger partial charge in [-0.3, -0.25) is 4.79 Å². The molecule has 2 aromatic carbocycles. The first-order chi connectivity index (χ1) is 14.1. The molecule has 0 saturated heterocycles. The van der Waals surface area contributed by atoms with Gasteiger partial charge >= 0.3 is 5.97 Å². The molecule has 11 heteroatoms. The van der Waals surface area contributed by atoms with Crippen molar-refractivity contribution in [3.05, 3.63) is 57.8 Å². The van der Waals surface area contributed by atoms with E-state index in [2.05, 4.69) is 5.32 Å². The number of carbonyl (C=O) groups is 2. The summed E-state index contributed by atoms with van der Waals surface area (Å²) < 4.78 is 45.0. The number of hydrogen-bond donors (Lipinski definition) is 1. The molecule has 0 bridgehead atoms. The zero-order valence-corrected chi connectivity index (χ0v) is 18.4. The Morgan fingerprint density at radius 3 is 2.37 bits per heavy atom. The van der Waals surface area contributed by atoms with Crippen LogP contribution in [0.3, 0.4) is 0 Å². The number of hydrogen-bond acceptors (Lipinski definition) is 5. The van der Waals surface area contributed by atoms with Gasteiger partial charge in [0.15, 0.2) is 6.61 Å². The topological polar surface area (TPSA) is 92.8 Å². The van der Waals surface area contributed by atoms with Crippen molar-refractivity contribution in [1.29, 1.82) is 0 Å². The molecule has 0 aliphatic heterocycles. The van der Waals surface area contributed by atoms with Gasteiger partial charge in [-0.15, -0.1) is 0 Å². The molecule has 0 saturated carbocycles. The molecule has 2 aromatic rings. The Morgan fingerprint density at radius 1 is 1.10 bits per heavy atom. The van der Waals surface area contributed by atoms with Crippen molar-refractivity contribution in [2.24, 2.45) is 0 Å². The smallest absolute Gasteiger partial charge is 0.343 e. The highest BCUT2D eigenvalue weighted by atomic mass is 35.5. The van der Waals surface area contributed by atoms with Crippen LogP contribution in [0.5, 0.6) is 0 Å². The van der Waals surface area contributed by atoms with E-state index >= 15 is 0 Å². The number of rotatable bonds is 8. The van der Waals surface area contributed by atoms with E-state index in [4.69, 9.17) is 27.9 Å². The lowest BCUT2D eigenvalue weighted by Gasteiger charge is -2.19. The number of sulfonamides is 1. The Labute approximate surface area is 183 Å². The molecule has 162 valence electrons. The molecule has 0 aliphatic carbocycles. The van der Waals surface area contributed by atoms with Gasteiger partial charge in [0, 0.05) is 13.1 Å². The summed E-state index contributed by atoms with van der Waals surface area (Å²) in [5.74, 6) is -2.79. The lowest BCUT2D eigenvalue weighted by Crippen LogP contribution is -2.30. The van der Waals surface area contributed by atoms with Crippen molar-refractivity contribution in [2.45, 2.75) is 18.7 Å². The Morgan fingerprint density at radius 2 is 1.77 bits per heavy atom. The second kappa shape index (κ2) is 10.2. The highest BCUT2D eigenvalue weighted by molar-refractivity contribution is 7.89. The molecule has 0 heterocycles. The van der Waals surface area contributed by atoms with Crippen LogP contribution < -0.4 is 5.32 Å². The fourth-order valence-electron chi connectivity index (χ4n) is 2.56. The maximum absolute atomic E-state index is 13.7. The van der Waals surface area contributed by atoms with Gasteiger partial charge in [0.05, 0.1) is 20.6 Å². The molecular formula is C19H19Cl2FN2O5S. The third kappa shape index (κ3) is 5.48. The average Bonchev–Trinajstić information content (AvgIpc) is 2.68. The summed E-state index contributed by atoms with van der Waals surface area (Å²) in [5, 5.41) is 2.31. The summed E-state index contributed by atoms with van der Waals surface area (Å²) in [6, 6.07) is 7.53. The van der Waals surface area contributed by atoms with Crippen LogP contribution in [-0.2, 0) is 19.6 Å². The molecule has 0 fully saturated rings. The third-order valence-corrected chi connectivity index (χ3v) is 6.75. The number of esters is 1. The number of anilines is 1. The van der Waals surface area contributed by atoms with Crippen molar-refractivity contribution in [3.63, 3.8) is 0 Å². The summed E-state index contributed by atoms with van der Waals surface area (Å²) in [4.78, 5) is 24.1. The minimum absolute atomic E-state index is 0.0230. The molecule has 2 rings (SSSR count). The van der Waals surface area contributed by atoms with Crippen LogP contribution in [0.4, 0.5) is 10.1 Å². The summed E-state index contributed by atoms with van der Waals surface area (Å²) in [6.45, 7) is 3.20. The molecule has 0 aromatic heterocycles. The highest BCUT2D eigenvalue weighted by Gasteiger charge is 2.23. The number of carbonyl (C=O) groups excluding carboxylic acids is 2. The summed E-state index contributed by atoms with van der Waals surface area (Å²) >= 11 is 11.8. The van der Waals surface area contributed by atoms with Crippen LogP contribution in [0.2, 0.25) is 10.0 Å². The number of benzene rings is 2. The minimum Gasteiger partial charge on any atom is -0.452 e. The summed E-state index contributed by atoms with van der Waals surface area (Å²) in [6.07, 6.45) is 0. The molecule has 1 N–H and O–H groups in total. The van der Waals surface area contributed by atoms with Crippen molar-refractivity contribution < 1.29 is 27.1 Å². The molecule has 0 atom stereocenters. The lowest BCUT2D eigenvalue weighted by atomic mass is 10.2. The third-order valence-electron chi connectivity index (χ3n) is 4.06.